The topological polar surface area (TPSA) is 67.0 Å². The number of carbonyl (C=O) groups is 1. The van der Waals surface area contributed by atoms with Crippen LogP contribution in [-0.4, -0.2) is 29.5 Å². The van der Waals surface area contributed by atoms with Crippen molar-refractivity contribution in [3.8, 4) is 17.0 Å². The molecule has 2 aromatic carbocycles. The third-order valence-electron chi connectivity index (χ3n) is 4.76. The molecule has 0 saturated carbocycles. The van der Waals surface area contributed by atoms with Crippen molar-refractivity contribution in [1.29, 1.82) is 0 Å². The molecular formula is C23H23N3O2. The Bertz CT molecular complexity index is 1140. The number of aromatic nitrogens is 2. The van der Waals surface area contributed by atoms with Gasteiger partial charge in [-0.25, -0.2) is 4.98 Å². The number of hydrogen-bond acceptors (Lipinski definition) is 3. The Morgan fingerprint density at radius 1 is 1.11 bits per heavy atom. The molecule has 4 rings (SSSR count). The molecule has 4 aromatic rings. The Morgan fingerprint density at radius 3 is 2.57 bits per heavy atom. The summed E-state index contributed by atoms with van der Waals surface area (Å²) in [6.45, 7) is 4.75. The minimum atomic E-state index is -0.157. The second-order valence-corrected chi connectivity index (χ2v) is 7.28. The molecule has 0 radical (unpaired) electrons. The number of amides is 1. The van der Waals surface area contributed by atoms with E-state index in [0.29, 0.717) is 18.2 Å². The van der Waals surface area contributed by atoms with E-state index in [1.54, 1.807) is 7.11 Å². The first-order chi connectivity index (χ1) is 13.6. The van der Waals surface area contributed by atoms with Gasteiger partial charge in [0.1, 0.15) is 11.4 Å². The smallest absolute Gasteiger partial charge is 0.269 e. The number of aromatic amines is 1. The number of nitrogens with zero attached hydrogens (tertiary/aromatic N) is 1. The first kappa shape index (κ1) is 18.0. The van der Waals surface area contributed by atoms with Crippen LogP contribution in [-0.2, 0) is 0 Å². The lowest BCUT2D eigenvalue weighted by atomic mass is 10.1. The van der Waals surface area contributed by atoms with Crippen molar-refractivity contribution >= 4 is 27.7 Å². The fourth-order valence-electron chi connectivity index (χ4n) is 3.31. The average Bonchev–Trinajstić information content (AvgIpc) is 3.10. The van der Waals surface area contributed by atoms with E-state index in [2.05, 4.69) is 30.2 Å². The summed E-state index contributed by atoms with van der Waals surface area (Å²) >= 11 is 0. The van der Waals surface area contributed by atoms with Gasteiger partial charge < -0.3 is 15.0 Å². The van der Waals surface area contributed by atoms with E-state index in [1.165, 1.54) is 0 Å². The lowest BCUT2D eigenvalue weighted by Gasteiger charge is -2.10. The van der Waals surface area contributed by atoms with Crippen LogP contribution in [0.3, 0.4) is 0 Å². The van der Waals surface area contributed by atoms with Gasteiger partial charge in [-0.15, -0.1) is 0 Å². The zero-order valence-corrected chi connectivity index (χ0v) is 16.2. The summed E-state index contributed by atoms with van der Waals surface area (Å²) in [6, 6.07) is 17.7. The molecule has 0 unspecified atom stereocenters. The minimum Gasteiger partial charge on any atom is -0.497 e. The molecule has 2 aromatic heterocycles. The molecule has 0 atom stereocenters. The summed E-state index contributed by atoms with van der Waals surface area (Å²) in [5.74, 6) is 1.000. The second-order valence-electron chi connectivity index (χ2n) is 7.28. The molecule has 0 aliphatic heterocycles. The molecule has 142 valence electrons. The number of H-pyrrole nitrogens is 1. The number of carbonyl (C=O) groups excluding carboxylic acids is 1. The van der Waals surface area contributed by atoms with E-state index < -0.39 is 0 Å². The molecule has 5 nitrogen and oxygen atoms in total. The number of fused-ring (bicyclic) bond motifs is 3. The Balaban J connectivity index is 1.91. The van der Waals surface area contributed by atoms with Gasteiger partial charge in [0.25, 0.3) is 5.91 Å². The molecule has 0 saturated heterocycles. The van der Waals surface area contributed by atoms with Crippen molar-refractivity contribution in [2.75, 3.05) is 13.7 Å². The highest BCUT2D eigenvalue weighted by atomic mass is 16.5. The van der Waals surface area contributed by atoms with Gasteiger partial charge in [-0.3, -0.25) is 4.79 Å². The quantitative estimate of drug-likeness (QED) is 0.529. The maximum Gasteiger partial charge on any atom is 0.269 e. The van der Waals surface area contributed by atoms with Gasteiger partial charge in [0, 0.05) is 28.4 Å². The van der Waals surface area contributed by atoms with Crippen LogP contribution in [0.5, 0.6) is 5.75 Å². The average molecular weight is 373 g/mol. The third kappa shape index (κ3) is 3.31. The van der Waals surface area contributed by atoms with Crippen molar-refractivity contribution in [3.63, 3.8) is 0 Å². The fraction of sp³-hybridized carbons (Fsp3) is 0.217. The Morgan fingerprint density at radius 2 is 1.86 bits per heavy atom. The van der Waals surface area contributed by atoms with Gasteiger partial charge in [0.05, 0.1) is 18.3 Å². The van der Waals surface area contributed by atoms with Crippen LogP contribution in [0.15, 0.2) is 54.6 Å². The molecule has 0 aliphatic carbocycles. The summed E-state index contributed by atoms with van der Waals surface area (Å²) in [5, 5.41) is 5.04. The zero-order chi connectivity index (χ0) is 19.7. The number of pyridine rings is 1. The Labute approximate surface area is 163 Å². The van der Waals surface area contributed by atoms with Crippen LogP contribution >= 0.6 is 0 Å². The van der Waals surface area contributed by atoms with Crippen molar-refractivity contribution in [2.24, 2.45) is 5.92 Å². The van der Waals surface area contributed by atoms with E-state index in [1.807, 2.05) is 48.5 Å². The summed E-state index contributed by atoms with van der Waals surface area (Å²) in [6.07, 6.45) is 0. The lowest BCUT2D eigenvalue weighted by Crippen LogP contribution is -2.28. The highest BCUT2D eigenvalue weighted by Gasteiger charge is 2.17. The molecule has 1 amide bonds. The molecule has 2 heterocycles. The summed E-state index contributed by atoms with van der Waals surface area (Å²) in [7, 11) is 1.64. The summed E-state index contributed by atoms with van der Waals surface area (Å²) in [4.78, 5) is 20.9. The largest absolute Gasteiger partial charge is 0.497 e. The second kappa shape index (κ2) is 7.35. The van der Waals surface area contributed by atoms with Gasteiger partial charge in [0.15, 0.2) is 0 Å². The molecule has 2 N–H and O–H groups in total. The van der Waals surface area contributed by atoms with Crippen LogP contribution in [0, 0.1) is 5.92 Å². The number of methoxy groups -OCH3 is 1. The third-order valence-corrected chi connectivity index (χ3v) is 4.76. The number of rotatable bonds is 5. The molecule has 0 bridgehead atoms. The standard InChI is InChI=1S/C23H23N3O2/c1-14(2)13-24-23(27)20-12-18-17-6-4-5-7-19(17)25-22(18)21(26-20)15-8-10-16(28-3)11-9-15/h4-12,14,25H,13H2,1-3H3,(H,24,27). The van der Waals surface area contributed by atoms with Gasteiger partial charge >= 0.3 is 0 Å². The Kier molecular flexibility index (Phi) is 4.74. The summed E-state index contributed by atoms with van der Waals surface area (Å²) < 4.78 is 5.26. The molecule has 0 fully saturated rings. The number of nitrogens with one attached hydrogen (secondary N) is 2. The predicted molar refractivity (Wildman–Crippen MR) is 113 cm³/mol. The van der Waals surface area contributed by atoms with Crippen LogP contribution in [0.2, 0.25) is 0 Å². The van der Waals surface area contributed by atoms with Crippen molar-refractivity contribution < 1.29 is 9.53 Å². The Hall–Kier alpha value is -3.34. The van der Waals surface area contributed by atoms with E-state index in [9.17, 15) is 4.79 Å². The van der Waals surface area contributed by atoms with E-state index in [-0.39, 0.29) is 5.91 Å². The van der Waals surface area contributed by atoms with Crippen molar-refractivity contribution in [2.45, 2.75) is 13.8 Å². The normalized spacial score (nSPS) is 11.3. The molecule has 28 heavy (non-hydrogen) atoms. The number of para-hydroxylation sites is 1. The number of ether oxygens (including phenoxy) is 1. The maximum atomic E-state index is 12.7. The number of benzene rings is 2. The summed E-state index contributed by atoms with van der Waals surface area (Å²) in [5.41, 5.74) is 4.05. The first-order valence-electron chi connectivity index (χ1n) is 9.41. The van der Waals surface area contributed by atoms with Crippen LogP contribution in [0.4, 0.5) is 0 Å². The fourth-order valence-corrected chi connectivity index (χ4v) is 3.31. The van der Waals surface area contributed by atoms with E-state index in [0.717, 1.165) is 38.8 Å². The van der Waals surface area contributed by atoms with E-state index >= 15 is 0 Å². The lowest BCUT2D eigenvalue weighted by molar-refractivity contribution is 0.0944. The monoisotopic (exact) mass is 373 g/mol. The van der Waals surface area contributed by atoms with Crippen LogP contribution < -0.4 is 10.1 Å². The first-order valence-corrected chi connectivity index (χ1v) is 9.41. The highest BCUT2D eigenvalue weighted by molar-refractivity contribution is 6.13. The van der Waals surface area contributed by atoms with Gasteiger partial charge in [-0.1, -0.05) is 32.0 Å². The SMILES string of the molecule is COc1ccc(-c2nc(C(=O)NCC(C)C)cc3c2[nH]c2ccccc23)cc1. The maximum absolute atomic E-state index is 12.7. The van der Waals surface area contributed by atoms with Crippen molar-refractivity contribution in [1.82, 2.24) is 15.3 Å². The van der Waals surface area contributed by atoms with E-state index in [4.69, 9.17) is 9.72 Å². The van der Waals surface area contributed by atoms with Crippen LogP contribution in [0.1, 0.15) is 24.3 Å². The van der Waals surface area contributed by atoms with Gasteiger partial charge in [-0.05, 0) is 42.3 Å². The molecule has 0 aliphatic rings. The molecular weight excluding hydrogens is 350 g/mol. The molecule has 0 spiro atoms. The van der Waals surface area contributed by atoms with Crippen molar-refractivity contribution in [3.05, 3.63) is 60.3 Å². The van der Waals surface area contributed by atoms with Gasteiger partial charge in [0.2, 0.25) is 0 Å². The minimum absolute atomic E-state index is 0.157. The van der Waals surface area contributed by atoms with Gasteiger partial charge in [-0.2, -0.15) is 0 Å². The predicted octanol–water partition coefficient (Wildman–Crippen LogP) is 4.78. The number of hydrogen-bond donors (Lipinski definition) is 2. The zero-order valence-electron chi connectivity index (χ0n) is 16.2. The highest BCUT2D eigenvalue weighted by Crippen LogP contribution is 2.33. The molecule has 5 heteroatoms. The van der Waals surface area contributed by atoms with Crippen LogP contribution in [0.25, 0.3) is 33.1 Å².